The molecule has 0 amide bonds. The van der Waals surface area contributed by atoms with E-state index in [0.717, 1.165) is 32.3 Å². The Labute approximate surface area is 108 Å². The predicted molar refractivity (Wildman–Crippen MR) is 71.0 cm³/mol. The fraction of sp³-hybridized carbons (Fsp3) is 0.300. The fourth-order valence-electron chi connectivity index (χ4n) is 1.33. The van der Waals surface area contributed by atoms with Gasteiger partial charge in [-0.25, -0.2) is 20.8 Å². The number of nitrogens with one attached hydrogen (secondary N) is 1. The number of nitrogens with two attached hydrogens (primary N) is 1. The van der Waals surface area contributed by atoms with Gasteiger partial charge in [0.05, 0.1) is 0 Å². The summed E-state index contributed by atoms with van der Waals surface area (Å²) >= 11 is 3.14. The maximum atomic E-state index is 5.28. The lowest BCUT2D eigenvalue weighted by Gasteiger charge is -2.01. The summed E-state index contributed by atoms with van der Waals surface area (Å²) in [6.45, 7) is 3.95. The standard InChI is InChI=1S/C10H13N5S2/c1-6-3-7(2)14-10(13-6)16-5-8-4-12-9(15-11)17-8/h3-4H,5,11H2,1-2H3,(H,12,15). The number of hydrogen-bond donors (Lipinski definition) is 2. The Kier molecular flexibility index (Phi) is 3.93. The lowest BCUT2D eigenvalue weighted by molar-refractivity contribution is 0.902. The molecule has 0 fully saturated rings. The van der Waals surface area contributed by atoms with Crippen molar-refractivity contribution in [2.45, 2.75) is 24.8 Å². The van der Waals surface area contributed by atoms with Crippen LogP contribution in [0.3, 0.4) is 0 Å². The van der Waals surface area contributed by atoms with Gasteiger partial charge in [0, 0.05) is 28.2 Å². The highest BCUT2D eigenvalue weighted by atomic mass is 32.2. The summed E-state index contributed by atoms with van der Waals surface area (Å²) < 4.78 is 0. The Morgan fingerprint density at radius 1 is 1.35 bits per heavy atom. The Morgan fingerprint density at radius 2 is 2.06 bits per heavy atom. The zero-order chi connectivity index (χ0) is 12.3. The van der Waals surface area contributed by atoms with Crippen LogP contribution in [-0.2, 0) is 5.75 Å². The van der Waals surface area contributed by atoms with Gasteiger partial charge in [0.15, 0.2) is 10.3 Å². The average molecular weight is 267 g/mol. The molecule has 0 aliphatic carbocycles. The number of thiazole rings is 1. The van der Waals surface area contributed by atoms with Gasteiger partial charge in [0.25, 0.3) is 0 Å². The highest BCUT2D eigenvalue weighted by Gasteiger charge is 2.04. The SMILES string of the molecule is Cc1cc(C)nc(SCc2cnc(NN)s2)n1. The summed E-state index contributed by atoms with van der Waals surface area (Å²) in [6, 6.07) is 1.97. The van der Waals surface area contributed by atoms with Crippen molar-refractivity contribution in [3.8, 4) is 0 Å². The molecule has 0 saturated carbocycles. The number of nitrogens with zero attached hydrogens (tertiary/aromatic N) is 3. The van der Waals surface area contributed by atoms with Crippen molar-refractivity contribution in [1.82, 2.24) is 15.0 Å². The van der Waals surface area contributed by atoms with Crippen molar-refractivity contribution in [2.24, 2.45) is 5.84 Å². The van der Waals surface area contributed by atoms with Gasteiger partial charge in [-0.1, -0.05) is 11.8 Å². The fourth-order valence-corrected chi connectivity index (χ4v) is 3.03. The van der Waals surface area contributed by atoms with Crippen LogP contribution in [0.2, 0.25) is 0 Å². The first-order chi connectivity index (χ1) is 8.17. The van der Waals surface area contributed by atoms with Crippen LogP contribution in [0.4, 0.5) is 5.13 Å². The lowest BCUT2D eigenvalue weighted by Crippen LogP contribution is -2.05. The third-order valence-electron chi connectivity index (χ3n) is 1.98. The molecule has 2 rings (SSSR count). The van der Waals surface area contributed by atoms with E-state index in [-0.39, 0.29) is 0 Å². The van der Waals surface area contributed by atoms with Crippen LogP contribution < -0.4 is 11.3 Å². The van der Waals surface area contributed by atoms with E-state index >= 15 is 0 Å². The van der Waals surface area contributed by atoms with Gasteiger partial charge in [-0.15, -0.1) is 11.3 Å². The number of nitrogen functional groups attached to an aromatic ring is 1. The van der Waals surface area contributed by atoms with E-state index < -0.39 is 0 Å². The minimum atomic E-state index is 0.724. The Morgan fingerprint density at radius 3 is 2.65 bits per heavy atom. The van der Waals surface area contributed by atoms with E-state index in [2.05, 4.69) is 20.4 Å². The zero-order valence-corrected chi connectivity index (χ0v) is 11.2. The molecule has 7 heteroatoms. The maximum absolute atomic E-state index is 5.28. The molecule has 0 radical (unpaired) electrons. The summed E-state index contributed by atoms with van der Waals surface area (Å²) in [6.07, 6.45) is 1.81. The van der Waals surface area contributed by atoms with Crippen LogP contribution in [0.5, 0.6) is 0 Å². The van der Waals surface area contributed by atoms with Crippen LogP contribution in [0.1, 0.15) is 16.3 Å². The summed E-state index contributed by atoms with van der Waals surface area (Å²) in [5, 5.41) is 1.53. The topological polar surface area (TPSA) is 76.7 Å². The van der Waals surface area contributed by atoms with Crippen LogP contribution in [0.15, 0.2) is 17.4 Å². The lowest BCUT2D eigenvalue weighted by atomic mass is 10.4. The quantitative estimate of drug-likeness (QED) is 0.382. The molecule has 0 aromatic carbocycles. The van der Waals surface area contributed by atoms with Gasteiger partial charge in [-0.05, 0) is 19.9 Å². The molecular weight excluding hydrogens is 254 g/mol. The third-order valence-corrected chi connectivity index (χ3v) is 3.99. The Hall–Kier alpha value is -1.18. The molecule has 0 bridgehead atoms. The second kappa shape index (κ2) is 5.44. The average Bonchev–Trinajstić information content (AvgIpc) is 2.73. The highest BCUT2D eigenvalue weighted by molar-refractivity contribution is 7.98. The number of thioether (sulfide) groups is 1. The summed E-state index contributed by atoms with van der Waals surface area (Å²) in [5.74, 6) is 6.08. The molecule has 0 aliphatic rings. The number of hydrazine groups is 1. The first kappa shape index (κ1) is 12.3. The molecule has 0 atom stereocenters. The largest absolute Gasteiger partial charge is 0.300 e. The zero-order valence-electron chi connectivity index (χ0n) is 9.60. The molecule has 17 heavy (non-hydrogen) atoms. The molecule has 3 N–H and O–H groups in total. The number of rotatable bonds is 4. The Bertz CT molecular complexity index is 491. The van der Waals surface area contributed by atoms with Gasteiger partial charge in [0.1, 0.15) is 0 Å². The predicted octanol–water partition coefficient (Wildman–Crippen LogP) is 2.13. The third kappa shape index (κ3) is 3.39. The van der Waals surface area contributed by atoms with Gasteiger partial charge in [-0.3, -0.25) is 5.43 Å². The Balaban J connectivity index is 2.01. The van der Waals surface area contributed by atoms with Crippen molar-refractivity contribution >= 4 is 28.2 Å². The number of anilines is 1. The molecule has 0 aliphatic heterocycles. The van der Waals surface area contributed by atoms with E-state index in [0.29, 0.717) is 0 Å². The van der Waals surface area contributed by atoms with Crippen molar-refractivity contribution in [3.05, 3.63) is 28.5 Å². The van der Waals surface area contributed by atoms with Crippen molar-refractivity contribution < 1.29 is 0 Å². The van der Waals surface area contributed by atoms with E-state index in [1.807, 2.05) is 26.1 Å². The molecule has 2 aromatic heterocycles. The number of hydrogen-bond acceptors (Lipinski definition) is 7. The van der Waals surface area contributed by atoms with E-state index in [1.54, 1.807) is 11.8 Å². The smallest absolute Gasteiger partial charge is 0.197 e. The van der Waals surface area contributed by atoms with Gasteiger partial charge >= 0.3 is 0 Å². The van der Waals surface area contributed by atoms with Gasteiger partial charge in [-0.2, -0.15) is 0 Å². The van der Waals surface area contributed by atoms with E-state index in [9.17, 15) is 0 Å². The van der Waals surface area contributed by atoms with Crippen LogP contribution >= 0.6 is 23.1 Å². The molecular formula is C10H13N5S2. The van der Waals surface area contributed by atoms with Crippen LogP contribution in [0.25, 0.3) is 0 Å². The van der Waals surface area contributed by atoms with Crippen LogP contribution in [-0.4, -0.2) is 15.0 Å². The second-order valence-corrected chi connectivity index (χ2v) is 5.56. The molecule has 2 aromatic rings. The summed E-state index contributed by atoms with van der Waals surface area (Å²) in [5.41, 5.74) is 4.52. The molecule has 0 unspecified atom stereocenters. The molecule has 0 spiro atoms. The minimum Gasteiger partial charge on any atom is -0.300 e. The maximum Gasteiger partial charge on any atom is 0.197 e. The van der Waals surface area contributed by atoms with Gasteiger partial charge in [0.2, 0.25) is 0 Å². The number of aromatic nitrogens is 3. The van der Waals surface area contributed by atoms with Crippen molar-refractivity contribution in [2.75, 3.05) is 5.43 Å². The first-order valence-corrected chi connectivity index (χ1v) is 6.84. The van der Waals surface area contributed by atoms with Crippen LogP contribution in [0, 0.1) is 13.8 Å². The van der Waals surface area contributed by atoms with Gasteiger partial charge < -0.3 is 0 Å². The van der Waals surface area contributed by atoms with E-state index in [1.165, 1.54) is 11.3 Å². The monoisotopic (exact) mass is 267 g/mol. The number of aryl methyl sites for hydroxylation is 2. The van der Waals surface area contributed by atoms with Crippen molar-refractivity contribution in [3.63, 3.8) is 0 Å². The molecule has 2 heterocycles. The molecule has 0 saturated heterocycles. The summed E-state index contributed by atoms with van der Waals surface area (Å²) in [7, 11) is 0. The van der Waals surface area contributed by atoms with E-state index in [4.69, 9.17) is 5.84 Å². The normalized spacial score (nSPS) is 10.5. The minimum absolute atomic E-state index is 0.724. The summed E-state index contributed by atoms with van der Waals surface area (Å²) in [4.78, 5) is 14.0. The first-order valence-electron chi connectivity index (χ1n) is 5.04. The highest BCUT2D eigenvalue weighted by Crippen LogP contribution is 2.25. The molecule has 90 valence electrons. The van der Waals surface area contributed by atoms with Crippen molar-refractivity contribution in [1.29, 1.82) is 0 Å². The molecule has 5 nitrogen and oxygen atoms in total. The second-order valence-electron chi connectivity index (χ2n) is 3.50.